The van der Waals surface area contributed by atoms with Gasteiger partial charge in [-0.2, -0.15) is 13.2 Å². The van der Waals surface area contributed by atoms with Crippen LogP contribution in [0, 0.1) is 0 Å². The predicted octanol–water partition coefficient (Wildman–Crippen LogP) is 3.93. The Morgan fingerprint density at radius 2 is 1.95 bits per heavy atom. The Morgan fingerprint density at radius 1 is 1.20 bits per heavy atom. The van der Waals surface area contributed by atoms with E-state index in [9.17, 15) is 13.2 Å². The molecule has 2 heterocycles. The highest BCUT2D eigenvalue weighted by Crippen LogP contribution is 2.41. The quantitative estimate of drug-likeness (QED) is 0.854. The van der Waals surface area contributed by atoms with Crippen molar-refractivity contribution in [3.8, 4) is 0 Å². The Bertz CT molecular complexity index is 519. The van der Waals surface area contributed by atoms with E-state index in [4.69, 9.17) is 4.99 Å². The second-order valence-electron chi connectivity index (χ2n) is 5.19. The van der Waals surface area contributed by atoms with Crippen molar-refractivity contribution in [1.82, 2.24) is 4.98 Å². The van der Waals surface area contributed by atoms with E-state index in [0.29, 0.717) is 5.69 Å². The number of hydrogen-bond acceptors (Lipinski definition) is 4. The van der Waals surface area contributed by atoms with Gasteiger partial charge in [0.05, 0.1) is 17.4 Å². The highest BCUT2D eigenvalue weighted by atomic mass is 32.2. The molecule has 20 heavy (non-hydrogen) atoms. The van der Waals surface area contributed by atoms with Crippen molar-refractivity contribution >= 4 is 22.6 Å². The molecule has 0 amide bonds. The van der Waals surface area contributed by atoms with Gasteiger partial charge < -0.3 is 5.32 Å². The first-order valence-electron chi connectivity index (χ1n) is 6.50. The van der Waals surface area contributed by atoms with Gasteiger partial charge in [0.1, 0.15) is 5.69 Å². The van der Waals surface area contributed by atoms with Crippen molar-refractivity contribution in [2.24, 2.45) is 4.99 Å². The Hall–Kier alpha value is -1.24. The Kier molecular flexibility index (Phi) is 3.40. The minimum atomic E-state index is -4.40. The molecule has 1 saturated carbocycles. The van der Waals surface area contributed by atoms with Crippen LogP contribution in [0.3, 0.4) is 0 Å². The number of alkyl halides is 3. The minimum Gasteiger partial charge on any atom is -0.334 e. The van der Waals surface area contributed by atoms with E-state index in [1.54, 1.807) is 11.8 Å². The van der Waals surface area contributed by atoms with Crippen molar-refractivity contribution in [3.05, 3.63) is 24.0 Å². The van der Waals surface area contributed by atoms with Gasteiger partial charge in [-0.1, -0.05) is 24.6 Å². The summed E-state index contributed by atoms with van der Waals surface area (Å²) in [5.74, 6) is 0.962. The van der Waals surface area contributed by atoms with Crippen LogP contribution in [0.15, 0.2) is 23.3 Å². The van der Waals surface area contributed by atoms with E-state index in [-0.39, 0.29) is 5.54 Å². The van der Waals surface area contributed by atoms with Gasteiger partial charge in [-0.25, -0.2) is 4.98 Å². The zero-order valence-corrected chi connectivity index (χ0v) is 11.5. The van der Waals surface area contributed by atoms with Crippen LogP contribution in [0.1, 0.15) is 31.4 Å². The SMILES string of the molecule is FC(F)(F)c1ccc(NC2=NC3(CCCC3)CS2)cn1. The van der Waals surface area contributed by atoms with E-state index in [1.165, 1.54) is 25.1 Å². The van der Waals surface area contributed by atoms with Crippen LogP contribution in [0.2, 0.25) is 0 Å². The van der Waals surface area contributed by atoms with E-state index in [0.717, 1.165) is 29.8 Å². The molecule has 1 aliphatic heterocycles. The monoisotopic (exact) mass is 301 g/mol. The lowest BCUT2D eigenvalue weighted by molar-refractivity contribution is -0.141. The highest BCUT2D eigenvalue weighted by Gasteiger charge is 2.38. The van der Waals surface area contributed by atoms with E-state index >= 15 is 0 Å². The second kappa shape index (κ2) is 4.95. The maximum absolute atomic E-state index is 12.4. The van der Waals surface area contributed by atoms with Crippen molar-refractivity contribution < 1.29 is 13.2 Å². The molecule has 0 bridgehead atoms. The third-order valence-corrected chi connectivity index (χ3v) is 4.80. The maximum Gasteiger partial charge on any atom is 0.433 e. The molecule has 3 nitrogen and oxygen atoms in total. The number of anilines is 1. The van der Waals surface area contributed by atoms with Crippen LogP contribution in [-0.4, -0.2) is 21.4 Å². The summed E-state index contributed by atoms with van der Waals surface area (Å²) in [4.78, 5) is 8.13. The second-order valence-corrected chi connectivity index (χ2v) is 6.16. The Labute approximate surface area is 119 Å². The van der Waals surface area contributed by atoms with Crippen LogP contribution in [-0.2, 0) is 6.18 Å². The van der Waals surface area contributed by atoms with Crippen molar-refractivity contribution in [2.75, 3.05) is 11.1 Å². The topological polar surface area (TPSA) is 37.3 Å². The fourth-order valence-corrected chi connectivity index (χ4v) is 3.80. The zero-order chi connectivity index (χ0) is 14.2. The van der Waals surface area contributed by atoms with Crippen molar-refractivity contribution in [1.29, 1.82) is 0 Å². The van der Waals surface area contributed by atoms with Gasteiger partial charge in [-0.15, -0.1) is 0 Å². The molecule has 1 aromatic rings. The molecule has 3 rings (SSSR count). The summed E-state index contributed by atoms with van der Waals surface area (Å²) >= 11 is 1.63. The molecule has 108 valence electrons. The number of halogens is 3. The number of amidine groups is 1. The molecule has 1 N–H and O–H groups in total. The standard InChI is InChI=1S/C13H14F3N3S/c14-13(15,16)10-4-3-9(7-17-10)18-11-19-12(8-20-11)5-1-2-6-12/h3-4,7H,1-2,5-6,8H2,(H,18,19). The third-order valence-electron chi connectivity index (χ3n) is 3.66. The number of aliphatic imine (C=N–C) groups is 1. The van der Waals surface area contributed by atoms with Crippen molar-refractivity contribution in [2.45, 2.75) is 37.4 Å². The Balaban J connectivity index is 1.70. The number of thioether (sulfide) groups is 1. The lowest BCUT2D eigenvalue weighted by Gasteiger charge is -2.16. The first-order valence-corrected chi connectivity index (χ1v) is 7.48. The fraction of sp³-hybridized carbons (Fsp3) is 0.538. The fourth-order valence-electron chi connectivity index (χ4n) is 2.59. The summed E-state index contributed by atoms with van der Waals surface area (Å²) in [6.45, 7) is 0. The molecule has 2 aliphatic rings. The first kappa shape index (κ1) is 13.7. The van der Waals surface area contributed by atoms with Gasteiger partial charge >= 0.3 is 6.18 Å². The zero-order valence-electron chi connectivity index (χ0n) is 10.7. The molecule has 1 aliphatic carbocycles. The number of rotatable bonds is 1. The number of pyridine rings is 1. The highest BCUT2D eigenvalue weighted by molar-refractivity contribution is 8.14. The van der Waals surface area contributed by atoms with Gasteiger partial charge in [-0.3, -0.25) is 4.99 Å². The molecule has 1 fully saturated rings. The molecule has 0 unspecified atom stereocenters. The molecule has 0 atom stereocenters. The van der Waals surface area contributed by atoms with Crippen LogP contribution < -0.4 is 5.32 Å². The van der Waals surface area contributed by atoms with Gasteiger partial charge in [0.15, 0.2) is 5.17 Å². The molecule has 0 radical (unpaired) electrons. The number of aromatic nitrogens is 1. The normalized spacial score (nSPS) is 21.2. The minimum absolute atomic E-state index is 0.0618. The molecule has 0 aromatic carbocycles. The van der Waals surface area contributed by atoms with E-state index in [2.05, 4.69) is 10.3 Å². The van der Waals surface area contributed by atoms with Gasteiger partial charge in [0.25, 0.3) is 0 Å². The summed E-state index contributed by atoms with van der Waals surface area (Å²) in [7, 11) is 0. The van der Waals surface area contributed by atoms with E-state index < -0.39 is 11.9 Å². The van der Waals surface area contributed by atoms with Gasteiger partial charge in [-0.05, 0) is 25.0 Å². The van der Waals surface area contributed by atoms with Crippen LogP contribution in [0.5, 0.6) is 0 Å². The molecule has 1 spiro atoms. The maximum atomic E-state index is 12.4. The van der Waals surface area contributed by atoms with Crippen LogP contribution >= 0.6 is 11.8 Å². The molecular weight excluding hydrogens is 287 g/mol. The lowest BCUT2D eigenvalue weighted by Crippen LogP contribution is -2.21. The van der Waals surface area contributed by atoms with Gasteiger partial charge in [0.2, 0.25) is 0 Å². The molecule has 7 heteroatoms. The summed E-state index contributed by atoms with van der Waals surface area (Å²) in [6, 6.07) is 2.37. The lowest BCUT2D eigenvalue weighted by atomic mass is 10.0. The largest absolute Gasteiger partial charge is 0.433 e. The number of hydrogen-bond donors (Lipinski definition) is 1. The third kappa shape index (κ3) is 2.77. The molecular formula is C13H14F3N3S. The molecule has 0 saturated heterocycles. The number of nitrogens with one attached hydrogen (secondary N) is 1. The van der Waals surface area contributed by atoms with Gasteiger partial charge in [0, 0.05) is 5.75 Å². The number of nitrogens with zero attached hydrogens (tertiary/aromatic N) is 2. The Morgan fingerprint density at radius 3 is 2.55 bits per heavy atom. The summed E-state index contributed by atoms with van der Waals surface area (Å²) < 4.78 is 37.2. The smallest absolute Gasteiger partial charge is 0.334 e. The first-order chi connectivity index (χ1) is 9.47. The average molecular weight is 301 g/mol. The predicted molar refractivity (Wildman–Crippen MR) is 74.0 cm³/mol. The summed E-state index contributed by atoms with van der Waals surface area (Å²) in [5.41, 5.74) is -0.276. The summed E-state index contributed by atoms with van der Waals surface area (Å²) in [6.07, 6.45) is 1.43. The molecule has 1 aromatic heterocycles. The van der Waals surface area contributed by atoms with E-state index in [1.807, 2.05) is 0 Å². The van der Waals surface area contributed by atoms with Crippen LogP contribution in [0.25, 0.3) is 0 Å². The summed E-state index contributed by atoms with van der Waals surface area (Å²) in [5, 5.41) is 3.84. The average Bonchev–Trinajstić information content (AvgIpc) is 3.00. The van der Waals surface area contributed by atoms with Crippen LogP contribution in [0.4, 0.5) is 18.9 Å². The van der Waals surface area contributed by atoms with Crippen molar-refractivity contribution in [3.63, 3.8) is 0 Å².